The van der Waals surface area contributed by atoms with Gasteiger partial charge in [-0.05, 0) is 30.5 Å². The number of nitrogens with one attached hydrogen (secondary N) is 4. The van der Waals surface area contributed by atoms with Crippen molar-refractivity contribution in [1.29, 1.82) is 0 Å². The third-order valence-electron chi connectivity index (χ3n) is 4.61. The van der Waals surface area contributed by atoms with Gasteiger partial charge in [-0.25, -0.2) is 0 Å². The maximum Gasteiger partial charge on any atom is 0.279 e. The van der Waals surface area contributed by atoms with Crippen LogP contribution in [0.2, 0.25) is 0 Å². The molecule has 1 unspecified atom stereocenters. The van der Waals surface area contributed by atoms with Crippen LogP contribution in [-0.4, -0.2) is 43.9 Å². The Hall–Kier alpha value is -3.19. The van der Waals surface area contributed by atoms with Crippen molar-refractivity contribution in [2.24, 2.45) is 0 Å². The Morgan fingerprint density at radius 1 is 0.931 bits per heavy atom. The summed E-state index contributed by atoms with van der Waals surface area (Å²) in [6, 6.07) is 16.8. The Kier molecular flexibility index (Phi) is 6.97. The maximum atomic E-state index is 12.6. The Morgan fingerprint density at radius 3 is 2.31 bits per heavy atom. The summed E-state index contributed by atoms with van der Waals surface area (Å²) in [7, 11) is 1.80. The fraction of sp³-hybridized carbons (Fsp3) is 0.318. The minimum absolute atomic E-state index is 0.0431. The van der Waals surface area contributed by atoms with Crippen molar-refractivity contribution in [3.63, 3.8) is 0 Å². The highest BCUT2D eigenvalue weighted by atomic mass is 16.2. The molecule has 1 aliphatic carbocycles. The van der Waals surface area contributed by atoms with Gasteiger partial charge in [-0.15, -0.1) is 0 Å². The minimum Gasteiger partial charge on any atom is -0.348 e. The molecule has 0 radical (unpaired) electrons. The highest BCUT2D eigenvalue weighted by Crippen LogP contribution is 2.18. The third-order valence-corrected chi connectivity index (χ3v) is 4.61. The number of hydrogen-bond donors (Lipinski definition) is 4. The first-order valence-corrected chi connectivity index (χ1v) is 9.83. The van der Waals surface area contributed by atoms with Gasteiger partial charge in [0.25, 0.3) is 17.7 Å². The Labute approximate surface area is 170 Å². The minimum atomic E-state index is -0.255. The molecule has 7 heteroatoms. The molecule has 1 aliphatic rings. The Balaban J connectivity index is 1.52. The van der Waals surface area contributed by atoms with Crippen LogP contribution in [0.4, 0.5) is 5.69 Å². The first-order valence-electron chi connectivity index (χ1n) is 9.83. The number of anilines is 1. The lowest BCUT2D eigenvalue weighted by atomic mass is 10.1. The van der Waals surface area contributed by atoms with Crippen LogP contribution in [0, 0.1) is 0 Å². The highest BCUT2D eigenvalue weighted by molar-refractivity contribution is 6.03. The van der Waals surface area contributed by atoms with E-state index in [0.717, 1.165) is 23.3 Å². The zero-order chi connectivity index (χ0) is 20.6. The summed E-state index contributed by atoms with van der Waals surface area (Å²) in [6.07, 6.45) is 2.07. The van der Waals surface area contributed by atoms with E-state index in [1.165, 1.54) is 0 Å². The van der Waals surface area contributed by atoms with Gasteiger partial charge >= 0.3 is 0 Å². The van der Waals surface area contributed by atoms with Crippen LogP contribution in [0.25, 0.3) is 0 Å². The van der Waals surface area contributed by atoms with Crippen LogP contribution >= 0.6 is 0 Å². The molecule has 0 heterocycles. The van der Waals surface area contributed by atoms with E-state index in [1.54, 1.807) is 31.3 Å². The second-order valence-electron chi connectivity index (χ2n) is 7.41. The summed E-state index contributed by atoms with van der Waals surface area (Å²) in [5.41, 5.74) is 1.86. The molecule has 0 aliphatic heterocycles. The van der Waals surface area contributed by atoms with Gasteiger partial charge in [0.1, 0.15) is 0 Å². The Morgan fingerprint density at radius 2 is 1.59 bits per heavy atom. The number of rotatable bonds is 9. The fourth-order valence-corrected chi connectivity index (χ4v) is 2.97. The van der Waals surface area contributed by atoms with Crippen LogP contribution in [0.15, 0.2) is 54.6 Å². The van der Waals surface area contributed by atoms with Crippen molar-refractivity contribution in [1.82, 2.24) is 10.6 Å². The van der Waals surface area contributed by atoms with Crippen molar-refractivity contribution >= 4 is 23.4 Å². The van der Waals surface area contributed by atoms with Crippen molar-refractivity contribution in [3.05, 3.63) is 65.7 Å². The molecule has 1 atom stereocenters. The smallest absolute Gasteiger partial charge is 0.279 e. The summed E-state index contributed by atoms with van der Waals surface area (Å²) in [5, 5.41) is 8.58. The van der Waals surface area contributed by atoms with E-state index in [2.05, 4.69) is 16.0 Å². The quantitative estimate of drug-likeness (QED) is 0.494. The van der Waals surface area contributed by atoms with Gasteiger partial charge in [-0.2, -0.15) is 0 Å². The largest absolute Gasteiger partial charge is 0.348 e. The fourth-order valence-electron chi connectivity index (χ4n) is 2.97. The number of benzene rings is 2. The molecule has 2 aromatic carbocycles. The number of carbonyl (C=O) groups excluding carboxylic acids is 3. The zero-order valence-electron chi connectivity index (χ0n) is 16.5. The molecule has 3 amide bonds. The topological polar surface area (TPSA) is 91.7 Å². The van der Waals surface area contributed by atoms with Gasteiger partial charge < -0.3 is 20.9 Å². The molecule has 4 N–H and O–H groups in total. The van der Waals surface area contributed by atoms with E-state index in [9.17, 15) is 14.4 Å². The average molecular weight is 395 g/mol. The van der Waals surface area contributed by atoms with Gasteiger partial charge in [0.05, 0.1) is 18.3 Å². The molecule has 1 fully saturated rings. The van der Waals surface area contributed by atoms with Crippen LogP contribution < -0.4 is 20.9 Å². The molecule has 0 saturated heterocycles. The Bertz CT molecular complexity index is 865. The first kappa shape index (κ1) is 20.5. The van der Waals surface area contributed by atoms with Crippen molar-refractivity contribution in [2.75, 3.05) is 25.5 Å². The second kappa shape index (κ2) is 9.84. The zero-order valence-corrected chi connectivity index (χ0v) is 16.5. The lowest BCUT2D eigenvalue weighted by Gasteiger charge is -2.15. The monoisotopic (exact) mass is 395 g/mol. The van der Waals surface area contributed by atoms with E-state index in [1.807, 2.05) is 30.3 Å². The summed E-state index contributed by atoms with van der Waals surface area (Å²) in [6.45, 7) is 0.784. The van der Waals surface area contributed by atoms with E-state index >= 15 is 0 Å². The van der Waals surface area contributed by atoms with Crippen LogP contribution in [0.5, 0.6) is 0 Å². The summed E-state index contributed by atoms with van der Waals surface area (Å²) >= 11 is 0. The molecule has 7 nitrogen and oxygen atoms in total. The number of carbonyl (C=O) groups is 3. The number of hydrogen-bond acceptors (Lipinski definition) is 3. The highest BCUT2D eigenvalue weighted by Gasteiger charge is 2.25. The van der Waals surface area contributed by atoms with Gasteiger partial charge in [-0.3, -0.25) is 14.4 Å². The molecule has 1 saturated carbocycles. The lowest BCUT2D eigenvalue weighted by Crippen LogP contribution is -3.11. The predicted molar refractivity (Wildman–Crippen MR) is 110 cm³/mol. The number of quaternary nitrogens is 1. The van der Waals surface area contributed by atoms with Crippen molar-refractivity contribution in [3.8, 4) is 0 Å². The third kappa shape index (κ3) is 6.73. The average Bonchev–Trinajstić information content (AvgIpc) is 3.50. The molecule has 0 spiro atoms. The van der Waals surface area contributed by atoms with Gasteiger partial charge in [-0.1, -0.05) is 42.5 Å². The maximum absolute atomic E-state index is 12.6. The molecular formula is C22H27N4O3+. The van der Waals surface area contributed by atoms with Crippen molar-refractivity contribution in [2.45, 2.75) is 25.4 Å². The first-order chi connectivity index (χ1) is 14.0. The standard InChI is InChI=1S/C22H26N4O3/c1-26(14-20(27)24-17-11-12-17)15-21(28)25-19-10-6-5-9-18(19)22(29)23-13-16-7-3-2-4-8-16/h2-10,17H,11-15H2,1H3,(H,23,29)(H,24,27)(H,25,28)/p+1. The van der Waals surface area contributed by atoms with E-state index in [-0.39, 0.29) is 30.8 Å². The van der Waals surface area contributed by atoms with Gasteiger partial charge in [0.2, 0.25) is 0 Å². The van der Waals surface area contributed by atoms with Crippen molar-refractivity contribution < 1.29 is 19.3 Å². The molecule has 2 aromatic rings. The van der Waals surface area contributed by atoms with E-state index in [0.29, 0.717) is 23.8 Å². The van der Waals surface area contributed by atoms with E-state index < -0.39 is 0 Å². The molecule has 0 bridgehead atoms. The molecule has 29 heavy (non-hydrogen) atoms. The number of likely N-dealkylation sites (N-methyl/N-ethyl adjacent to an activating group) is 1. The number of para-hydroxylation sites is 1. The number of amides is 3. The van der Waals surface area contributed by atoms with E-state index in [4.69, 9.17) is 0 Å². The molecule has 152 valence electrons. The predicted octanol–water partition coefficient (Wildman–Crippen LogP) is 0.348. The second-order valence-corrected chi connectivity index (χ2v) is 7.41. The summed E-state index contributed by atoms with van der Waals surface area (Å²) < 4.78 is 0. The van der Waals surface area contributed by atoms with Gasteiger partial charge in [0.15, 0.2) is 13.1 Å². The summed E-state index contributed by atoms with van der Waals surface area (Å²) in [5.74, 6) is -0.544. The molecule has 3 rings (SSSR count). The van der Waals surface area contributed by atoms with Crippen LogP contribution in [-0.2, 0) is 16.1 Å². The molecular weight excluding hydrogens is 368 g/mol. The van der Waals surface area contributed by atoms with Crippen LogP contribution in [0.3, 0.4) is 0 Å². The normalized spacial score (nSPS) is 14.0. The lowest BCUT2D eigenvalue weighted by molar-refractivity contribution is -0.862. The summed E-state index contributed by atoms with van der Waals surface area (Å²) in [4.78, 5) is 37.6. The van der Waals surface area contributed by atoms with Crippen LogP contribution in [0.1, 0.15) is 28.8 Å². The van der Waals surface area contributed by atoms with Gasteiger partial charge in [0, 0.05) is 12.6 Å². The molecule has 0 aromatic heterocycles. The SMILES string of the molecule is C[NH+](CC(=O)Nc1ccccc1C(=O)NCc1ccccc1)CC(=O)NC1CC1.